The Hall–Kier alpha value is -1.05. The van der Waals surface area contributed by atoms with Crippen LogP contribution in [0.25, 0.3) is 0 Å². The summed E-state index contributed by atoms with van der Waals surface area (Å²) in [7, 11) is 0. The van der Waals surface area contributed by atoms with Crippen LogP contribution in [-0.2, 0) is 9.53 Å². The van der Waals surface area contributed by atoms with Crippen molar-refractivity contribution < 1.29 is 9.53 Å². The number of allylic oxidation sites excluding steroid dienone is 2. The van der Waals surface area contributed by atoms with Crippen molar-refractivity contribution in [1.29, 1.82) is 0 Å². The Morgan fingerprint density at radius 3 is 3.17 bits per heavy atom. The molecule has 0 N–H and O–H groups in total. The highest BCUT2D eigenvalue weighted by molar-refractivity contribution is 5.70. The van der Waals surface area contributed by atoms with Crippen molar-refractivity contribution in [3.05, 3.63) is 24.8 Å². The van der Waals surface area contributed by atoms with Gasteiger partial charge < -0.3 is 4.74 Å². The Morgan fingerprint density at radius 2 is 2.58 bits per heavy atom. The minimum Gasteiger partial charge on any atom is -0.461 e. The smallest absolute Gasteiger partial charge is 0.306 e. The first-order valence-corrected chi connectivity index (χ1v) is 4.26. The van der Waals surface area contributed by atoms with Gasteiger partial charge in [0, 0.05) is 0 Å². The van der Waals surface area contributed by atoms with Crippen molar-refractivity contribution in [2.75, 3.05) is 6.61 Å². The van der Waals surface area contributed by atoms with Gasteiger partial charge in [0.15, 0.2) is 0 Å². The van der Waals surface area contributed by atoms with Crippen molar-refractivity contribution in [2.45, 2.75) is 19.3 Å². The van der Waals surface area contributed by atoms with E-state index >= 15 is 0 Å². The zero-order valence-electron chi connectivity index (χ0n) is 7.16. The minimum atomic E-state index is -0.119. The molecule has 0 aliphatic heterocycles. The molecule has 2 nitrogen and oxygen atoms in total. The van der Waals surface area contributed by atoms with Crippen LogP contribution in [0, 0.1) is 5.92 Å². The second-order valence-corrected chi connectivity index (χ2v) is 2.94. The van der Waals surface area contributed by atoms with E-state index in [1.54, 1.807) is 6.08 Å². The van der Waals surface area contributed by atoms with Gasteiger partial charge in [0.25, 0.3) is 0 Å². The zero-order valence-corrected chi connectivity index (χ0v) is 7.16. The van der Waals surface area contributed by atoms with Gasteiger partial charge in [-0.25, -0.2) is 0 Å². The summed E-state index contributed by atoms with van der Waals surface area (Å²) in [5.74, 6) is 0.286. The minimum absolute atomic E-state index is 0.119. The molecule has 1 aliphatic carbocycles. The molecule has 0 amide bonds. The lowest BCUT2D eigenvalue weighted by Gasteiger charge is -2.05. The third-order valence-electron chi connectivity index (χ3n) is 1.90. The third-order valence-corrected chi connectivity index (χ3v) is 1.90. The van der Waals surface area contributed by atoms with Crippen molar-refractivity contribution in [1.82, 2.24) is 0 Å². The highest BCUT2D eigenvalue weighted by atomic mass is 16.5. The summed E-state index contributed by atoms with van der Waals surface area (Å²) in [6, 6.07) is 0. The molecule has 0 radical (unpaired) electrons. The first kappa shape index (κ1) is 9.04. The van der Waals surface area contributed by atoms with Crippen LogP contribution in [0.2, 0.25) is 0 Å². The van der Waals surface area contributed by atoms with Gasteiger partial charge in [-0.3, -0.25) is 4.79 Å². The summed E-state index contributed by atoms with van der Waals surface area (Å²) >= 11 is 0. The van der Waals surface area contributed by atoms with Gasteiger partial charge in [-0.05, 0) is 18.8 Å². The summed E-state index contributed by atoms with van der Waals surface area (Å²) in [6.07, 6.45) is 8.50. The van der Waals surface area contributed by atoms with E-state index < -0.39 is 0 Å². The normalized spacial score (nSPS) is 20.8. The largest absolute Gasteiger partial charge is 0.461 e. The quantitative estimate of drug-likeness (QED) is 0.472. The lowest BCUT2D eigenvalue weighted by molar-refractivity contribution is -0.143. The van der Waals surface area contributed by atoms with E-state index in [9.17, 15) is 4.79 Å². The van der Waals surface area contributed by atoms with Crippen molar-refractivity contribution in [3.8, 4) is 0 Å². The van der Waals surface area contributed by atoms with Crippen LogP contribution in [-0.4, -0.2) is 12.6 Å². The number of hydrogen-bond donors (Lipinski definition) is 0. The Balaban J connectivity index is 2.16. The Labute approximate surface area is 72.9 Å². The Kier molecular flexibility index (Phi) is 3.58. The van der Waals surface area contributed by atoms with E-state index in [1.807, 2.05) is 0 Å². The predicted molar refractivity (Wildman–Crippen MR) is 47.6 cm³/mol. The fraction of sp³-hybridized carbons (Fsp3) is 0.500. The summed E-state index contributed by atoms with van der Waals surface area (Å²) < 4.78 is 4.86. The second-order valence-electron chi connectivity index (χ2n) is 2.94. The molecule has 0 saturated heterocycles. The summed E-state index contributed by atoms with van der Waals surface area (Å²) in [5.41, 5.74) is 0. The van der Waals surface area contributed by atoms with Crippen molar-refractivity contribution in [2.24, 2.45) is 5.92 Å². The van der Waals surface area contributed by atoms with Gasteiger partial charge in [0.1, 0.15) is 6.61 Å². The average Bonchev–Trinajstić information content (AvgIpc) is 2.53. The SMILES string of the molecule is C=CCOC(=O)CC1C=CCC1. The van der Waals surface area contributed by atoms with Crippen LogP contribution in [0.15, 0.2) is 24.8 Å². The van der Waals surface area contributed by atoms with Crippen molar-refractivity contribution in [3.63, 3.8) is 0 Å². The molecular formula is C10H14O2. The number of hydrogen-bond acceptors (Lipinski definition) is 2. The fourth-order valence-corrected chi connectivity index (χ4v) is 1.29. The van der Waals surface area contributed by atoms with Gasteiger partial charge in [-0.2, -0.15) is 0 Å². The summed E-state index contributed by atoms with van der Waals surface area (Å²) in [6.45, 7) is 3.80. The highest BCUT2D eigenvalue weighted by Gasteiger charge is 2.14. The van der Waals surface area contributed by atoms with Gasteiger partial charge in [-0.1, -0.05) is 24.8 Å². The molecule has 0 bridgehead atoms. The van der Waals surface area contributed by atoms with Crippen LogP contribution >= 0.6 is 0 Å². The molecule has 0 spiro atoms. The van der Waals surface area contributed by atoms with E-state index in [0.29, 0.717) is 18.9 Å². The van der Waals surface area contributed by atoms with Crippen LogP contribution in [0.4, 0.5) is 0 Å². The van der Waals surface area contributed by atoms with Crippen LogP contribution in [0.5, 0.6) is 0 Å². The number of carbonyl (C=O) groups is 1. The molecule has 1 rings (SSSR count). The summed E-state index contributed by atoms with van der Waals surface area (Å²) in [5, 5.41) is 0. The molecule has 1 unspecified atom stereocenters. The van der Waals surface area contributed by atoms with Crippen LogP contribution in [0.3, 0.4) is 0 Å². The van der Waals surface area contributed by atoms with Crippen molar-refractivity contribution >= 4 is 5.97 Å². The molecule has 0 fully saturated rings. The molecule has 0 aromatic rings. The molecule has 12 heavy (non-hydrogen) atoms. The number of esters is 1. The molecule has 0 aromatic heterocycles. The Morgan fingerprint density at radius 1 is 1.75 bits per heavy atom. The van der Waals surface area contributed by atoms with E-state index in [0.717, 1.165) is 12.8 Å². The zero-order chi connectivity index (χ0) is 8.81. The number of ether oxygens (including phenoxy) is 1. The maximum Gasteiger partial charge on any atom is 0.306 e. The van der Waals surface area contributed by atoms with Gasteiger partial charge in [0.05, 0.1) is 6.42 Å². The summed E-state index contributed by atoms with van der Waals surface area (Å²) in [4.78, 5) is 11.1. The van der Waals surface area contributed by atoms with Gasteiger partial charge >= 0.3 is 5.97 Å². The third kappa shape index (κ3) is 2.91. The van der Waals surface area contributed by atoms with Crippen LogP contribution < -0.4 is 0 Å². The standard InChI is InChI=1S/C10H14O2/c1-2-7-12-10(11)8-9-5-3-4-6-9/h2-3,5,9H,1,4,6-8H2. The molecular weight excluding hydrogens is 152 g/mol. The fourth-order valence-electron chi connectivity index (χ4n) is 1.29. The Bertz CT molecular complexity index is 194. The number of carbonyl (C=O) groups excluding carboxylic acids is 1. The topological polar surface area (TPSA) is 26.3 Å². The molecule has 0 aromatic carbocycles. The maximum absolute atomic E-state index is 11.1. The van der Waals surface area contributed by atoms with Gasteiger partial charge in [-0.15, -0.1) is 0 Å². The van der Waals surface area contributed by atoms with E-state index in [2.05, 4.69) is 18.7 Å². The second kappa shape index (κ2) is 4.75. The van der Waals surface area contributed by atoms with Gasteiger partial charge in [0.2, 0.25) is 0 Å². The lowest BCUT2D eigenvalue weighted by atomic mass is 10.1. The first-order chi connectivity index (χ1) is 5.83. The molecule has 1 atom stereocenters. The average molecular weight is 166 g/mol. The molecule has 2 heteroatoms. The molecule has 66 valence electrons. The molecule has 1 aliphatic rings. The van der Waals surface area contributed by atoms with E-state index in [4.69, 9.17) is 4.74 Å². The number of rotatable bonds is 4. The lowest BCUT2D eigenvalue weighted by Crippen LogP contribution is -2.08. The highest BCUT2D eigenvalue weighted by Crippen LogP contribution is 2.20. The van der Waals surface area contributed by atoms with Crippen LogP contribution in [0.1, 0.15) is 19.3 Å². The molecule has 0 heterocycles. The van der Waals surface area contributed by atoms with E-state index in [-0.39, 0.29) is 5.97 Å². The maximum atomic E-state index is 11.1. The molecule has 0 saturated carbocycles. The first-order valence-electron chi connectivity index (χ1n) is 4.26. The monoisotopic (exact) mass is 166 g/mol. The predicted octanol–water partition coefficient (Wildman–Crippen LogP) is 2.07. The van der Waals surface area contributed by atoms with E-state index in [1.165, 1.54) is 0 Å².